The van der Waals surface area contributed by atoms with Crippen LogP contribution in [0.1, 0.15) is 34.3 Å². The van der Waals surface area contributed by atoms with Gasteiger partial charge in [0.1, 0.15) is 0 Å². The number of hydrogen-bond donors (Lipinski definition) is 2. The molecule has 172 valence electrons. The largest absolute Gasteiger partial charge is 0.416 e. The summed E-state index contributed by atoms with van der Waals surface area (Å²) < 4.78 is 39.0. The number of anilines is 2. The van der Waals surface area contributed by atoms with Crippen molar-refractivity contribution in [3.05, 3.63) is 83.6 Å². The summed E-state index contributed by atoms with van der Waals surface area (Å²) in [6, 6.07) is 16.1. The lowest BCUT2D eigenvalue weighted by Crippen LogP contribution is -2.14. The molecule has 1 saturated carbocycles. The van der Waals surface area contributed by atoms with Crippen LogP contribution in [0.5, 0.6) is 0 Å². The number of hydrogen-bond acceptors (Lipinski definition) is 4. The molecule has 1 amide bonds. The summed E-state index contributed by atoms with van der Waals surface area (Å²) in [7, 11) is 0. The number of nitrogens with one attached hydrogen (secondary N) is 2. The number of alkyl halides is 3. The summed E-state index contributed by atoms with van der Waals surface area (Å²) in [6.07, 6.45) is -0.451. The molecule has 3 aromatic carbocycles. The van der Waals surface area contributed by atoms with Gasteiger partial charge in [-0.1, -0.05) is 18.2 Å². The fraction of sp³-hybridized carbons (Fsp3) is 0.192. The van der Waals surface area contributed by atoms with Crippen molar-refractivity contribution in [1.82, 2.24) is 9.97 Å². The molecule has 5 rings (SSSR count). The van der Waals surface area contributed by atoms with Gasteiger partial charge in [-0.25, -0.2) is 9.97 Å². The Morgan fingerprint density at radius 2 is 1.85 bits per heavy atom. The SMILES string of the molecule is Cc1ccc(NC(=O)c2cccc(C(F)(F)F)c2)cc1-c1ccc2nc(NC3CC3)ncc2c1. The maximum atomic E-state index is 13.0. The minimum absolute atomic E-state index is 0.0598. The number of nitrogens with zero attached hydrogens (tertiary/aromatic N) is 2. The molecule has 1 heterocycles. The highest BCUT2D eigenvalue weighted by atomic mass is 19.4. The molecule has 1 fully saturated rings. The Bertz CT molecular complexity index is 1400. The third-order valence-corrected chi connectivity index (χ3v) is 5.75. The monoisotopic (exact) mass is 462 g/mol. The van der Waals surface area contributed by atoms with Gasteiger partial charge in [-0.3, -0.25) is 4.79 Å². The van der Waals surface area contributed by atoms with Crippen LogP contribution in [0.15, 0.2) is 66.9 Å². The number of aromatic nitrogens is 2. The minimum Gasteiger partial charge on any atom is -0.351 e. The summed E-state index contributed by atoms with van der Waals surface area (Å²) in [5.74, 6) is 0.0155. The summed E-state index contributed by atoms with van der Waals surface area (Å²) in [5, 5.41) is 6.88. The molecule has 0 unspecified atom stereocenters. The van der Waals surface area contributed by atoms with Gasteiger partial charge in [0.2, 0.25) is 5.95 Å². The van der Waals surface area contributed by atoms with E-state index in [1.54, 1.807) is 12.3 Å². The highest BCUT2D eigenvalue weighted by Crippen LogP contribution is 2.31. The van der Waals surface area contributed by atoms with E-state index in [1.807, 2.05) is 37.3 Å². The van der Waals surface area contributed by atoms with E-state index in [9.17, 15) is 18.0 Å². The van der Waals surface area contributed by atoms with Crippen molar-refractivity contribution in [2.24, 2.45) is 0 Å². The number of carbonyl (C=O) groups is 1. The van der Waals surface area contributed by atoms with E-state index >= 15 is 0 Å². The molecule has 1 aromatic heterocycles. The lowest BCUT2D eigenvalue weighted by Gasteiger charge is -2.12. The fourth-order valence-corrected chi connectivity index (χ4v) is 3.73. The van der Waals surface area contributed by atoms with E-state index in [-0.39, 0.29) is 5.56 Å². The van der Waals surface area contributed by atoms with Crippen molar-refractivity contribution in [2.75, 3.05) is 10.6 Å². The quantitative estimate of drug-likeness (QED) is 0.358. The second-order valence-electron chi connectivity index (χ2n) is 8.45. The van der Waals surface area contributed by atoms with Crippen LogP contribution in [0.2, 0.25) is 0 Å². The number of benzene rings is 3. The molecule has 0 radical (unpaired) electrons. The average molecular weight is 462 g/mol. The number of fused-ring (bicyclic) bond motifs is 1. The third kappa shape index (κ3) is 4.71. The molecule has 0 saturated heterocycles. The number of halogens is 3. The lowest BCUT2D eigenvalue weighted by molar-refractivity contribution is -0.137. The van der Waals surface area contributed by atoms with E-state index in [0.717, 1.165) is 52.6 Å². The predicted octanol–water partition coefficient (Wildman–Crippen LogP) is 6.45. The summed E-state index contributed by atoms with van der Waals surface area (Å²) in [5.41, 5.74) is 3.20. The van der Waals surface area contributed by atoms with Gasteiger partial charge in [0.15, 0.2) is 0 Å². The van der Waals surface area contributed by atoms with Crippen LogP contribution in [-0.4, -0.2) is 21.9 Å². The molecule has 0 spiro atoms. The maximum Gasteiger partial charge on any atom is 0.416 e. The van der Waals surface area contributed by atoms with Crippen molar-refractivity contribution in [3.63, 3.8) is 0 Å². The highest BCUT2D eigenvalue weighted by Gasteiger charge is 2.31. The number of rotatable bonds is 5. The van der Waals surface area contributed by atoms with E-state index in [2.05, 4.69) is 20.6 Å². The second kappa shape index (κ2) is 8.44. The lowest BCUT2D eigenvalue weighted by atomic mass is 9.98. The van der Waals surface area contributed by atoms with Gasteiger partial charge in [0, 0.05) is 28.9 Å². The smallest absolute Gasteiger partial charge is 0.351 e. The van der Waals surface area contributed by atoms with Crippen molar-refractivity contribution in [1.29, 1.82) is 0 Å². The minimum atomic E-state index is -4.51. The Balaban J connectivity index is 1.40. The molecular formula is C26H21F3N4O. The van der Waals surface area contributed by atoms with Gasteiger partial charge in [-0.15, -0.1) is 0 Å². The Kier molecular flexibility index (Phi) is 5.43. The normalized spacial score (nSPS) is 13.6. The Morgan fingerprint density at radius 1 is 1.03 bits per heavy atom. The molecule has 1 aliphatic rings. The van der Waals surface area contributed by atoms with E-state index in [1.165, 1.54) is 12.1 Å². The van der Waals surface area contributed by atoms with Gasteiger partial charge in [0.05, 0.1) is 11.1 Å². The first-order valence-electron chi connectivity index (χ1n) is 10.9. The fourth-order valence-electron chi connectivity index (χ4n) is 3.73. The number of amides is 1. The molecule has 5 nitrogen and oxygen atoms in total. The Labute approximate surface area is 194 Å². The van der Waals surface area contributed by atoms with Crippen molar-refractivity contribution in [3.8, 4) is 11.1 Å². The van der Waals surface area contributed by atoms with Gasteiger partial charge < -0.3 is 10.6 Å². The molecule has 2 N–H and O–H groups in total. The van der Waals surface area contributed by atoms with Crippen LogP contribution in [0.3, 0.4) is 0 Å². The van der Waals surface area contributed by atoms with Crippen molar-refractivity contribution in [2.45, 2.75) is 32.0 Å². The van der Waals surface area contributed by atoms with Crippen LogP contribution in [-0.2, 0) is 6.18 Å². The molecular weight excluding hydrogens is 441 g/mol. The first-order chi connectivity index (χ1) is 16.3. The molecule has 34 heavy (non-hydrogen) atoms. The zero-order valence-electron chi connectivity index (χ0n) is 18.3. The zero-order chi connectivity index (χ0) is 23.9. The molecule has 0 atom stereocenters. The van der Waals surface area contributed by atoms with Crippen LogP contribution < -0.4 is 10.6 Å². The molecule has 4 aromatic rings. The predicted molar refractivity (Wildman–Crippen MR) is 126 cm³/mol. The van der Waals surface area contributed by atoms with Crippen LogP contribution in [0, 0.1) is 6.92 Å². The first-order valence-corrected chi connectivity index (χ1v) is 10.9. The standard InChI is InChI=1S/C26H21F3N4O/c1-15-5-7-21(31-24(34)17-3-2-4-19(12-17)26(27,28)29)13-22(15)16-6-10-23-18(11-16)14-30-25(33-23)32-20-8-9-20/h2-7,10-14,20H,8-9H2,1H3,(H,31,34)(H,30,32,33). The van der Waals surface area contributed by atoms with Crippen molar-refractivity contribution >= 4 is 28.4 Å². The third-order valence-electron chi connectivity index (χ3n) is 5.75. The van der Waals surface area contributed by atoms with Crippen LogP contribution in [0.25, 0.3) is 22.0 Å². The number of carbonyl (C=O) groups excluding carboxylic acids is 1. The summed E-state index contributed by atoms with van der Waals surface area (Å²) in [4.78, 5) is 21.6. The van der Waals surface area contributed by atoms with Gasteiger partial charge >= 0.3 is 6.18 Å². The second-order valence-corrected chi connectivity index (χ2v) is 8.45. The molecule has 0 bridgehead atoms. The average Bonchev–Trinajstić information content (AvgIpc) is 3.63. The van der Waals surface area contributed by atoms with Crippen LogP contribution >= 0.6 is 0 Å². The van der Waals surface area contributed by atoms with Gasteiger partial charge in [0.25, 0.3) is 5.91 Å². The summed E-state index contributed by atoms with van der Waals surface area (Å²) >= 11 is 0. The van der Waals surface area contributed by atoms with Crippen molar-refractivity contribution < 1.29 is 18.0 Å². The Morgan fingerprint density at radius 3 is 2.62 bits per heavy atom. The molecule has 0 aliphatic heterocycles. The Hall–Kier alpha value is -3.94. The molecule has 1 aliphatic carbocycles. The van der Waals surface area contributed by atoms with Gasteiger partial charge in [-0.2, -0.15) is 13.2 Å². The molecule has 8 heteroatoms. The topological polar surface area (TPSA) is 66.9 Å². The number of aryl methyl sites for hydroxylation is 1. The zero-order valence-corrected chi connectivity index (χ0v) is 18.3. The highest BCUT2D eigenvalue weighted by molar-refractivity contribution is 6.04. The van der Waals surface area contributed by atoms with E-state index in [0.29, 0.717) is 17.7 Å². The van der Waals surface area contributed by atoms with Gasteiger partial charge in [-0.05, 0) is 78.9 Å². The maximum absolute atomic E-state index is 13.0. The summed E-state index contributed by atoms with van der Waals surface area (Å²) in [6.45, 7) is 1.96. The van der Waals surface area contributed by atoms with E-state index in [4.69, 9.17) is 0 Å². The first kappa shape index (κ1) is 21.9. The van der Waals surface area contributed by atoms with E-state index < -0.39 is 17.6 Å². The van der Waals surface area contributed by atoms with Crippen LogP contribution in [0.4, 0.5) is 24.8 Å².